The van der Waals surface area contributed by atoms with Crippen LogP contribution in [-0.4, -0.2) is 0 Å². The molecule has 0 nitrogen and oxygen atoms in total. The highest BCUT2D eigenvalue weighted by Gasteiger charge is 1.98. The maximum absolute atomic E-state index is 4.08. The fourth-order valence-corrected chi connectivity index (χ4v) is 2.91. The Bertz CT molecular complexity index is 296. The van der Waals surface area contributed by atoms with Gasteiger partial charge in [-0.25, -0.2) is 0 Å². The molecule has 1 rings (SSSR count). The van der Waals surface area contributed by atoms with Crippen LogP contribution in [0.15, 0.2) is 39.3 Å². The van der Waals surface area contributed by atoms with Crippen molar-refractivity contribution in [1.29, 1.82) is 0 Å². The molecule has 0 unspecified atom stereocenters. The first-order valence-corrected chi connectivity index (χ1v) is 5.62. The van der Waals surface area contributed by atoms with E-state index >= 15 is 0 Å². The average molecular weight is 214 g/mol. The van der Waals surface area contributed by atoms with Gasteiger partial charge in [0.2, 0.25) is 0 Å². The number of hydrogen-bond donors (Lipinski definition) is 1. The van der Waals surface area contributed by atoms with E-state index < -0.39 is 0 Å². The van der Waals surface area contributed by atoms with Crippen molar-refractivity contribution in [3.8, 4) is 0 Å². The van der Waals surface area contributed by atoms with Gasteiger partial charge in [-0.1, -0.05) is 24.4 Å². The SMILES string of the molecule is C=C/C(=C\S)Sc1ccc(C)s1. The molecular weight excluding hydrogens is 204 g/mol. The summed E-state index contributed by atoms with van der Waals surface area (Å²) in [5.74, 6) is 0. The van der Waals surface area contributed by atoms with E-state index in [4.69, 9.17) is 0 Å². The predicted octanol–water partition coefficient (Wildman–Crippen LogP) is 4.11. The second-order valence-corrected chi connectivity index (χ2v) is 5.12. The quantitative estimate of drug-likeness (QED) is 0.449. The first-order chi connectivity index (χ1) is 5.76. The normalized spacial score (nSPS) is 11.7. The topological polar surface area (TPSA) is 0 Å². The molecule has 0 aliphatic rings. The summed E-state index contributed by atoms with van der Waals surface area (Å²) in [6.07, 6.45) is 1.81. The minimum absolute atomic E-state index is 1.08. The van der Waals surface area contributed by atoms with E-state index in [1.165, 1.54) is 9.09 Å². The molecule has 0 spiro atoms. The van der Waals surface area contributed by atoms with Gasteiger partial charge in [-0.2, -0.15) is 12.6 Å². The molecule has 0 atom stereocenters. The van der Waals surface area contributed by atoms with Crippen molar-refractivity contribution in [3.63, 3.8) is 0 Å². The molecule has 0 aliphatic heterocycles. The van der Waals surface area contributed by atoms with Crippen LogP contribution in [0.25, 0.3) is 0 Å². The number of hydrogen-bond acceptors (Lipinski definition) is 3. The third-order valence-electron chi connectivity index (χ3n) is 1.26. The molecule has 3 heteroatoms. The summed E-state index contributed by atoms with van der Waals surface area (Å²) in [7, 11) is 0. The highest BCUT2D eigenvalue weighted by atomic mass is 32.2. The van der Waals surface area contributed by atoms with Gasteiger partial charge in [0.15, 0.2) is 0 Å². The second-order valence-electron chi connectivity index (χ2n) is 2.20. The lowest BCUT2D eigenvalue weighted by molar-refractivity contribution is 1.63. The first-order valence-electron chi connectivity index (χ1n) is 3.47. The lowest BCUT2D eigenvalue weighted by Gasteiger charge is -1.95. The van der Waals surface area contributed by atoms with Crippen molar-refractivity contribution in [1.82, 2.24) is 0 Å². The lowest BCUT2D eigenvalue weighted by Crippen LogP contribution is -1.63. The van der Waals surface area contributed by atoms with Crippen LogP contribution in [0.1, 0.15) is 4.88 Å². The Morgan fingerprint density at radius 1 is 1.67 bits per heavy atom. The Morgan fingerprint density at radius 2 is 2.42 bits per heavy atom. The minimum atomic E-state index is 1.08. The monoisotopic (exact) mass is 214 g/mol. The number of thioether (sulfide) groups is 1. The van der Waals surface area contributed by atoms with Crippen molar-refractivity contribution < 1.29 is 0 Å². The molecule has 0 saturated carbocycles. The van der Waals surface area contributed by atoms with Crippen LogP contribution in [0.2, 0.25) is 0 Å². The first kappa shape index (κ1) is 9.96. The summed E-state index contributed by atoms with van der Waals surface area (Å²) in [5, 5.41) is 1.77. The van der Waals surface area contributed by atoms with Gasteiger partial charge in [-0.05, 0) is 24.5 Å². The van der Waals surface area contributed by atoms with Gasteiger partial charge < -0.3 is 0 Å². The Hall–Kier alpha value is -0.120. The zero-order valence-corrected chi connectivity index (χ0v) is 9.31. The van der Waals surface area contributed by atoms with Crippen LogP contribution in [0.4, 0.5) is 0 Å². The summed E-state index contributed by atoms with van der Waals surface area (Å²) in [5.41, 5.74) is 0. The molecule has 64 valence electrons. The van der Waals surface area contributed by atoms with Crippen LogP contribution < -0.4 is 0 Å². The van der Waals surface area contributed by atoms with E-state index in [-0.39, 0.29) is 0 Å². The number of thiol groups is 1. The predicted molar refractivity (Wildman–Crippen MR) is 62.2 cm³/mol. The summed E-state index contributed by atoms with van der Waals surface area (Å²) in [6.45, 7) is 5.81. The van der Waals surface area contributed by atoms with Crippen molar-refractivity contribution in [3.05, 3.63) is 40.0 Å². The highest BCUT2D eigenvalue weighted by molar-refractivity contribution is 8.05. The van der Waals surface area contributed by atoms with Crippen molar-refractivity contribution >= 4 is 35.7 Å². The molecule has 0 amide bonds. The minimum Gasteiger partial charge on any atom is -0.150 e. The third-order valence-corrected chi connectivity index (χ3v) is 3.87. The van der Waals surface area contributed by atoms with Gasteiger partial charge in [0, 0.05) is 9.78 Å². The molecule has 1 aromatic heterocycles. The summed E-state index contributed by atoms with van der Waals surface area (Å²) < 4.78 is 1.28. The Kier molecular flexibility index (Phi) is 3.98. The van der Waals surface area contributed by atoms with E-state index in [9.17, 15) is 0 Å². The van der Waals surface area contributed by atoms with Crippen molar-refractivity contribution in [2.24, 2.45) is 0 Å². The molecule has 0 N–H and O–H groups in total. The summed E-state index contributed by atoms with van der Waals surface area (Å²) in [6, 6.07) is 4.23. The molecular formula is C9H10S3. The summed E-state index contributed by atoms with van der Waals surface area (Å²) in [4.78, 5) is 2.42. The number of allylic oxidation sites excluding steroid dienone is 1. The highest BCUT2D eigenvalue weighted by Crippen LogP contribution is 2.32. The van der Waals surface area contributed by atoms with Gasteiger partial charge in [0.1, 0.15) is 0 Å². The molecule has 1 aromatic rings. The Balaban J connectivity index is 2.69. The molecule has 1 heterocycles. The Morgan fingerprint density at radius 3 is 2.83 bits per heavy atom. The zero-order chi connectivity index (χ0) is 8.97. The maximum atomic E-state index is 4.08. The molecule has 12 heavy (non-hydrogen) atoms. The van der Waals surface area contributed by atoms with Crippen molar-refractivity contribution in [2.75, 3.05) is 0 Å². The standard InChI is InChI=1S/C9H10S3/c1-3-8(6-10)12-9-5-4-7(2)11-9/h3-6,10H,1H2,2H3/b8-6+. The van der Waals surface area contributed by atoms with E-state index in [2.05, 4.69) is 38.3 Å². The van der Waals surface area contributed by atoms with Gasteiger partial charge >= 0.3 is 0 Å². The fourth-order valence-electron chi connectivity index (χ4n) is 0.704. The van der Waals surface area contributed by atoms with Gasteiger partial charge in [0.05, 0.1) is 4.21 Å². The number of rotatable bonds is 3. The second kappa shape index (κ2) is 4.80. The van der Waals surface area contributed by atoms with Gasteiger partial charge in [0.25, 0.3) is 0 Å². The van der Waals surface area contributed by atoms with E-state index in [0.29, 0.717) is 0 Å². The van der Waals surface area contributed by atoms with Crippen LogP contribution in [0.5, 0.6) is 0 Å². The molecule has 0 aromatic carbocycles. The zero-order valence-electron chi connectivity index (χ0n) is 6.78. The third kappa shape index (κ3) is 2.73. The van der Waals surface area contributed by atoms with Gasteiger partial charge in [-0.15, -0.1) is 11.3 Å². The van der Waals surface area contributed by atoms with Crippen LogP contribution in [0.3, 0.4) is 0 Å². The van der Waals surface area contributed by atoms with Crippen molar-refractivity contribution in [2.45, 2.75) is 11.1 Å². The maximum Gasteiger partial charge on any atom is 0.0649 e. The molecule has 0 fully saturated rings. The Labute approximate surface area is 86.8 Å². The van der Waals surface area contributed by atoms with Gasteiger partial charge in [-0.3, -0.25) is 0 Å². The number of aryl methyl sites for hydroxylation is 1. The lowest BCUT2D eigenvalue weighted by atomic mass is 10.5. The van der Waals surface area contributed by atoms with Crippen LogP contribution >= 0.6 is 35.7 Å². The number of thiophene rings is 1. The average Bonchev–Trinajstić information content (AvgIpc) is 2.47. The van der Waals surface area contributed by atoms with E-state index in [0.717, 1.165) is 4.91 Å². The molecule has 0 radical (unpaired) electrons. The van der Waals surface area contributed by atoms with Crippen LogP contribution in [-0.2, 0) is 0 Å². The fraction of sp³-hybridized carbons (Fsp3) is 0.111. The largest absolute Gasteiger partial charge is 0.150 e. The van der Waals surface area contributed by atoms with E-state index in [1.54, 1.807) is 28.5 Å². The summed E-state index contributed by atoms with van der Waals surface area (Å²) >= 11 is 7.57. The van der Waals surface area contributed by atoms with Crippen LogP contribution in [0, 0.1) is 6.92 Å². The molecule has 0 bridgehead atoms. The molecule has 0 saturated heterocycles. The molecule has 0 aliphatic carbocycles. The van der Waals surface area contributed by atoms with E-state index in [1.807, 2.05) is 6.08 Å². The smallest absolute Gasteiger partial charge is 0.0649 e.